The fraction of sp³-hybridized carbons (Fsp3) is 0.273. The van der Waals surface area contributed by atoms with Crippen LogP contribution in [0.2, 0.25) is 0 Å². The van der Waals surface area contributed by atoms with E-state index in [9.17, 15) is 9.59 Å². The minimum Gasteiger partial charge on any atom is -0.452 e. The second kappa shape index (κ2) is 6.91. The third-order valence-corrected chi connectivity index (χ3v) is 4.98. The molecule has 3 aromatic rings. The standard InChI is InChI=1S/C22H22N2O3/c1-14-11-20(15(2)24(14)19-9-10-19)22(26)27-13-21(25)23-18-8-7-16-5-3-4-6-17(16)12-18/h3-8,11-12,19H,9-10,13H2,1-2H3,(H,23,25). The zero-order valence-electron chi connectivity index (χ0n) is 15.5. The maximum absolute atomic E-state index is 12.4. The predicted octanol–water partition coefficient (Wildman–Crippen LogP) is 4.39. The monoisotopic (exact) mass is 362 g/mol. The SMILES string of the molecule is Cc1cc(C(=O)OCC(=O)Nc2ccc3ccccc3c2)c(C)n1C1CC1. The molecule has 0 saturated heterocycles. The first-order valence-corrected chi connectivity index (χ1v) is 9.17. The molecule has 0 bridgehead atoms. The van der Waals surface area contributed by atoms with Gasteiger partial charge in [-0.25, -0.2) is 4.79 Å². The molecule has 2 aromatic carbocycles. The van der Waals surface area contributed by atoms with Crippen LogP contribution in [0.25, 0.3) is 10.8 Å². The van der Waals surface area contributed by atoms with Crippen LogP contribution in [0.5, 0.6) is 0 Å². The molecule has 1 N–H and O–H groups in total. The topological polar surface area (TPSA) is 60.3 Å². The second-order valence-electron chi connectivity index (χ2n) is 7.07. The molecule has 0 aliphatic heterocycles. The molecular formula is C22H22N2O3. The van der Waals surface area contributed by atoms with Gasteiger partial charge in [0.05, 0.1) is 5.56 Å². The summed E-state index contributed by atoms with van der Waals surface area (Å²) in [5.74, 6) is -0.807. The molecule has 0 unspecified atom stereocenters. The summed E-state index contributed by atoms with van der Waals surface area (Å²) in [4.78, 5) is 24.6. The van der Waals surface area contributed by atoms with Gasteiger partial charge < -0.3 is 14.6 Å². The number of esters is 1. The number of nitrogens with zero attached hydrogens (tertiary/aromatic N) is 1. The molecule has 1 amide bonds. The van der Waals surface area contributed by atoms with Gasteiger partial charge in [-0.3, -0.25) is 4.79 Å². The van der Waals surface area contributed by atoms with Crippen molar-refractivity contribution in [2.75, 3.05) is 11.9 Å². The van der Waals surface area contributed by atoms with Gasteiger partial charge in [0, 0.05) is 23.1 Å². The van der Waals surface area contributed by atoms with Crippen LogP contribution < -0.4 is 5.32 Å². The van der Waals surface area contributed by atoms with Crippen molar-refractivity contribution in [3.63, 3.8) is 0 Å². The van der Waals surface area contributed by atoms with E-state index < -0.39 is 5.97 Å². The Hall–Kier alpha value is -3.08. The van der Waals surface area contributed by atoms with E-state index in [0.717, 1.165) is 35.0 Å². The van der Waals surface area contributed by atoms with Gasteiger partial charge in [-0.2, -0.15) is 0 Å². The average molecular weight is 362 g/mol. The lowest BCUT2D eigenvalue weighted by Gasteiger charge is -2.09. The smallest absolute Gasteiger partial charge is 0.340 e. The van der Waals surface area contributed by atoms with Crippen molar-refractivity contribution in [3.8, 4) is 0 Å². The first-order valence-electron chi connectivity index (χ1n) is 9.17. The molecule has 1 aliphatic carbocycles. The first kappa shape index (κ1) is 17.3. The van der Waals surface area contributed by atoms with Crippen LogP contribution in [-0.2, 0) is 9.53 Å². The van der Waals surface area contributed by atoms with Crippen molar-refractivity contribution in [1.82, 2.24) is 4.57 Å². The van der Waals surface area contributed by atoms with Crippen molar-refractivity contribution in [1.29, 1.82) is 0 Å². The Labute approximate surface area is 157 Å². The number of rotatable bonds is 5. The van der Waals surface area contributed by atoms with Gasteiger partial charge >= 0.3 is 5.97 Å². The molecule has 1 heterocycles. The van der Waals surface area contributed by atoms with Crippen LogP contribution in [0.4, 0.5) is 5.69 Å². The summed E-state index contributed by atoms with van der Waals surface area (Å²) in [5, 5.41) is 4.93. The highest BCUT2D eigenvalue weighted by Gasteiger charge is 2.28. The van der Waals surface area contributed by atoms with Crippen molar-refractivity contribution in [2.24, 2.45) is 0 Å². The summed E-state index contributed by atoms with van der Waals surface area (Å²) in [6, 6.07) is 16.0. The summed E-state index contributed by atoms with van der Waals surface area (Å²) in [5.41, 5.74) is 3.19. The molecule has 0 spiro atoms. The zero-order chi connectivity index (χ0) is 19.0. The van der Waals surface area contributed by atoms with Crippen LogP contribution in [-0.4, -0.2) is 23.1 Å². The molecule has 5 nitrogen and oxygen atoms in total. The quantitative estimate of drug-likeness (QED) is 0.685. The molecule has 1 aliphatic rings. The number of benzene rings is 2. The number of carbonyl (C=O) groups is 2. The van der Waals surface area contributed by atoms with Crippen LogP contribution >= 0.6 is 0 Å². The van der Waals surface area contributed by atoms with Gasteiger partial charge in [0.1, 0.15) is 0 Å². The van der Waals surface area contributed by atoms with Crippen LogP contribution in [0.15, 0.2) is 48.5 Å². The van der Waals surface area contributed by atoms with Gasteiger partial charge in [0.2, 0.25) is 0 Å². The maximum atomic E-state index is 12.4. The van der Waals surface area contributed by atoms with Crippen molar-refractivity contribution >= 4 is 28.3 Å². The van der Waals surface area contributed by atoms with E-state index in [1.165, 1.54) is 0 Å². The number of aromatic nitrogens is 1. The molecular weight excluding hydrogens is 340 g/mol. The lowest BCUT2D eigenvalue weighted by molar-refractivity contribution is -0.119. The number of hydrogen-bond acceptors (Lipinski definition) is 3. The van der Waals surface area contributed by atoms with Gasteiger partial charge in [0.15, 0.2) is 6.61 Å². The van der Waals surface area contributed by atoms with E-state index in [1.54, 1.807) is 0 Å². The lowest BCUT2D eigenvalue weighted by atomic mass is 10.1. The highest BCUT2D eigenvalue weighted by Crippen LogP contribution is 2.38. The maximum Gasteiger partial charge on any atom is 0.340 e. The first-order chi connectivity index (χ1) is 13.0. The summed E-state index contributed by atoms with van der Waals surface area (Å²) < 4.78 is 7.42. The molecule has 27 heavy (non-hydrogen) atoms. The van der Waals surface area contributed by atoms with E-state index >= 15 is 0 Å². The van der Waals surface area contributed by atoms with E-state index in [2.05, 4.69) is 9.88 Å². The molecule has 1 saturated carbocycles. The predicted molar refractivity (Wildman–Crippen MR) is 105 cm³/mol. The molecule has 5 heteroatoms. The zero-order valence-corrected chi connectivity index (χ0v) is 15.5. The van der Waals surface area contributed by atoms with Crippen molar-refractivity contribution < 1.29 is 14.3 Å². The number of amides is 1. The Morgan fingerprint density at radius 1 is 1.07 bits per heavy atom. The number of carbonyl (C=O) groups excluding carboxylic acids is 2. The third-order valence-electron chi connectivity index (χ3n) is 4.98. The summed E-state index contributed by atoms with van der Waals surface area (Å²) in [6.07, 6.45) is 2.30. The minimum absolute atomic E-state index is 0.307. The molecule has 138 valence electrons. The summed E-state index contributed by atoms with van der Waals surface area (Å²) in [6.45, 7) is 3.62. The molecule has 0 atom stereocenters. The normalized spacial score (nSPS) is 13.6. The Morgan fingerprint density at radius 2 is 1.81 bits per heavy atom. The number of nitrogens with one attached hydrogen (secondary N) is 1. The molecule has 1 aromatic heterocycles. The largest absolute Gasteiger partial charge is 0.452 e. The van der Waals surface area contributed by atoms with Crippen LogP contribution in [0.1, 0.15) is 40.6 Å². The van der Waals surface area contributed by atoms with Gasteiger partial charge in [0.25, 0.3) is 5.91 Å². The highest BCUT2D eigenvalue weighted by molar-refractivity contribution is 5.97. The van der Waals surface area contributed by atoms with Gasteiger partial charge in [-0.15, -0.1) is 0 Å². The number of fused-ring (bicyclic) bond motifs is 1. The Kier molecular flexibility index (Phi) is 4.44. The number of hydrogen-bond donors (Lipinski definition) is 1. The van der Waals surface area contributed by atoms with E-state index in [0.29, 0.717) is 17.3 Å². The van der Waals surface area contributed by atoms with Crippen LogP contribution in [0.3, 0.4) is 0 Å². The Balaban J connectivity index is 1.38. The molecule has 4 rings (SSSR count). The fourth-order valence-corrected chi connectivity index (χ4v) is 3.55. The van der Waals surface area contributed by atoms with E-state index in [-0.39, 0.29) is 12.5 Å². The third kappa shape index (κ3) is 3.58. The second-order valence-corrected chi connectivity index (χ2v) is 7.07. The molecule has 0 radical (unpaired) electrons. The lowest BCUT2D eigenvalue weighted by Crippen LogP contribution is -2.21. The van der Waals surface area contributed by atoms with Gasteiger partial charge in [-0.1, -0.05) is 30.3 Å². The van der Waals surface area contributed by atoms with E-state index in [1.807, 2.05) is 62.4 Å². The number of aryl methyl sites for hydroxylation is 1. The minimum atomic E-state index is -0.455. The molecule has 1 fully saturated rings. The highest BCUT2D eigenvalue weighted by atomic mass is 16.5. The van der Waals surface area contributed by atoms with Crippen molar-refractivity contribution in [2.45, 2.75) is 32.7 Å². The number of ether oxygens (including phenoxy) is 1. The van der Waals surface area contributed by atoms with E-state index in [4.69, 9.17) is 4.74 Å². The fourth-order valence-electron chi connectivity index (χ4n) is 3.55. The summed E-state index contributed by atoms with van der Waals surface area (Å²) in [7, 11) is 0. The Morgan fingerprint density at radius 3 is 2.56 bits per heavy atom. The number of anilines is 1. The average Bonchev–Trinajstić information content (AvgIpc) is 3.44. The van der Waals surface area contributed by atoms with Gasteiger partial charge in [-0.05, 0) is 55.7 Å². The Bertz CT molecular complexity index is 1030. The van der Waals surface area contributed by atoms with Crippen LogP contribution in [0, 0.1) is 13.8 Å². The van der Waals surface area contributed by atoms with Crippen molar-refractivity contribution in [3.05, 3.63) is 65.5 Å². The summed E-state index contributed by atoms with van der Waals surface area (Å²) >= 11 is 0.